The van der Waals surface area contributed by atoms with Crippen LogP contribution in [0.5, 0.6) is 0 Å². The lowest BCUT2D eigenvalue weighted by Crippen LogP contribution is -2.48. The van der Waals surface area contributed by atoms with Crippen molar-refractivity contribution in [2.45, 2.75) is 50.2 Å². The summed E-state index contributed by atoms with van der Waals surface area (Å²) in [6.45, 7) is 8.61. The van der Waals surface area contributed by atoms with E-state index >= 15 is 0 Å². The first-order valence-electron chi connectivity index (χ1n) is 9.45. The van der Waals surface area contributed by atoms with Crippen molar-refractivity contribution in [3.8, 4) is 0 Å². The largest absolute Gasteiger partial charge is 0.341 e. The number of amides is 2. The number of para-hydroxylation sites is 1. The molecule has 6 nitrogen and oxygen atoms in total. The van der Waals surface area contributed by atoms with Crippen molar-refractivity contribution < 1.29 is 18.0 Å². The number of hydrogen-bond acceptors (Lipinski definition) is 4. The maximum atomic E-state index is 13.0. The van der Waals surface area contributed by atoms with Gasteiger partial charge in [-0.2, -0.15) is 0 Å². The maximum Gasteiger partial charge on any atom is 0.242 e. The van der Waals surface area contributed by atoms with Crippen molar-refractivity contribution >= 4 is 27.3 Å². The topological polar surface area (TPSA) is 74.8 Å². The van der Waals surface area contributed by atoms with E-state index in [0.717, 1.165) is 6.42 Å². The fourth-order valence-electron chi connectivity index (χ4n) is 4.17. The molecule has 0 radical (unpaired) electrons. The normalized spacial score (nSPS) is 27.0. The molecular formula is C20H28N2O4S. The van der Waals surface area contributed by atoms with Gasteiger partial charge in [0.05, 0.1) is 15.3 Å². The minimum atomic E-state index is -3.69. The Kier molecular flexibility index (Phi) is 5.10. The molecule has 2 amide bonds. The summed E-state index contributed by atoms with van der Waals surface area (Å²) in [5.41, 5.74) is 0.305. The highest BCUT2D eigenvalue weighted by Gasteiger charge is 2.44. The molecule has 2 heterocycles. The molecule has 1 fully saturated rings. The van der Waals surface area contributed by atoms with Gasteiger partial charge in [-0.1, -0.05) is 26.0 Å². The zero-order valence-electron chi connectivity index (χ0n) is 16.4. The van der Waals surface area contributed by atoms with Crippen LogP contribution in [0.1, 0.15) is 40.5 Å². The molecule has 2 unspecified atom stereocenters. The van der Waals surface area contributed by atoms with Crippen LogP contribution in [-0.2, 0) is 19.4 Å². The number of nitrogens with zero attached hydrogens (tertiary/aromatic N) is 2. The van der Waals surface area contributed by atoms with Crippen molar-refractivity contribution in [2.24, 2.45) is 11.8 Å². The SMILES string of the molecule is CC1CC(C)CN(C(=O)CN2C(=O)CC(C)(C)S(=O)(=O)c3ccccc32)C1. The Labute approximate surface area is 161 Å². The number of piperidine rings is 1. The van der Waals surface area contributed by atoms with Gasteiger partial charge in [-0.05, 0) is 44.2 Å². The molecule has 0 spiro atoms. The molecule has 0 aliphatic carbocycles. The number of fused-ring (bicyclic) bond motifs is 1. The summed E-state index contributed by atoms with van der Waals surface area (Å²) in [5, 5.41) is 0. The summed E-state index contributed by atoms with van der Waals surface area (Å²) >= 11 is 0. The summed E-state index contributed by atoms with van der Waals surface area (Å²) in [7, 11) is -3.69. The number of hydrogen-bond donors (Lipinski definition) is 0. The number of sulfone groups is 1. The lowest BCUT2D eigenvalue weighted by molar-refractivity contribution is -0.133. The Morgan fingerprint density at radius 1 is 1.15 bits per heavy atom. The average Bonchev–Trinajstić information content (AvgIpc) is 2.62. The molecule has 0 aromatic heterocycles. The molecule has 2 atom stereocenters. The summed E-state index contributed by atoms with van der Waals surface area (Å²) in [6, 6.07) is 6.48. The summed E-state index contributed by atoms with van der Waals surface area (Å²) in [6.07, 6.45) is 0.936. The Morgan fingerprint density at radius 3 is 2.37 bits per heavy atom. The number of carbonyl (C=O) groups excluding carboxylic acids is 2. The van der Waals surface area contributed by atoms with E-state index in [4.69, 9.17) is 0 Å². The van der Waals surface area contributed by atoms with Gasteiger partial charge in [-0.15, -0.1) is 0 Å². The molecular weight excluding hydrogens is 364 g/mol. The fourth-order valence-corrected chi connectivity index (χ4v) is 5.79. The van der Waals surface area contributed by atoms with Crippen LogP contribution in [0.15, 0.2) is 29.2 Å². The average molecular weight is 393 g/mol. The third-order valence-electron chi connectivity index (χ3n) is 5.57. The lowest BCUT2D eigenvalue weighted by Gasteiger charge is -2.36. The molecule has 0 saturated carbocycles. The molecule has 1 aromatic carbocycles. The molecule has 148 valence electrons. The third kappa shape index (κ3) is 3.61. The van der Waals surface area contributed by atoms with Crippen LogP contribution in [0.3, 0.4) is 0 Å². The first kappa shape index (κ1) is 19.9. The lowest BCUT2D eigenvalue weighted by atomic mass is 9.92. The molecule has 1 aromatic rings. The van der Waals surface area contributed by atoms with Crippen LogP contribution >= 0.6 is 0 Å². The van der Waals surface area contributed by atoms with Crippen molar-refractivity contribution in [3.05, 3.63) is 24.3 Å². The Hall–Kier alpha value is -1.89. The predicted octanol–water partition coefficient (Wildman–Crippen LogP) is 2.48. The Morgan fingerprint density at radius 2 is 1.74 bits per heavy atom. The predicted molar refractivity (Wildman–Crippen MR) is 104 cm³/mol. The zero-order chi connectivity index (χ0) is 20.0. The van der Waals surface area contributed by atoms with Crippen LogP contribution in [0.25, 0.3) is 0 Å². The van der Waals surface area contributed by atoms with E-state index in [1.807, 2.05) is 0 Å². The van der Waals surface area contributed by atoms with Crippen LogP contribution in [-0.4, -0.2) is 49.5 Å². The minimum Gasteiger partial charge on any atom is -0.341 e. The molecule has 0 bridgehead atoms. The van der Waals surface area contributed by atoms with Gasteiger partial charge in [-0.3, -0.25) is 9.59 Å². The highest BCUT2D eigenvalue weighted by molar-refractivity contribution is 7.93. The van der Waals surface area contributed by atoms with Gasteiger partial charge in [0.25, 0.3) is 0 Å². The number of carbonyl (C=O) groups is 2. The van der Waals surface area contributed by atoms with E-state index < -0.39 is 14.6 Å². The van der Waals surface area contributed by atoms with Crippen LogP contribution in [0.4, 0.5) is 5.69 Å². The quantitative estimate of drug-likeness (QED) is 0.775. The Balaban J connectivity index is 1.95. The second-order valence-electron chi connectivity index (χ2n) is 8.63. The van der Waals surface area contributed by atoms with E-state index in [-0.39, 0.29) is 29.7 Å². The molecule has 1 saturated heterocycles. The highest BCUT2D eigenvalue weighted by Crippen LogP contribution is 2.38. The summed E-state index contributed by atoms with van der Waals surface area (Å²) in [5.74, 6) is 0.377. The Bertz CT molecular complexity index is 852. The van der Waals surface area contributed by atoms with Gasteiger partial charge in [0.15, 0.2) is 9.84 Å². The van der Waals surface area contributed by atoms with Gasteiger partial charge >= 0.3 is 0 Å². The van der Waals surface area contributed by atoms with E-state index in [1.165, 1.54) is 11.0 Å². The molecule has 3 rings (SSSR count). The van der Waals surface area contributed by atoms with Crippen LogP contribution in [0, 0.1) is 11.8 Å². The monoisotopic (exact) mass is 392 g/mol. The van der Waals surface area contributed by atoms with E-state index in [1.54, 1.807) is 36.9 Å². The van der Waals surface area contributed by atoms with Crippen molar-refractivity contribution in [1.29, 1.82) is 0 Å². The first-order chi connectivity index (χ1) is 12.5. The van der Waals surface area contributed by atoms with Gasteiger partial charge in [-0.25, -0.2) is 8.42 Å². The summed E-state index contributed by atoms with van der Waals surface area (Å²) < 4.78 is 24.9. The van der Waals surface area contributed by atoms with E-state index in [9.17, 15) is 18.0 Å². The van der Waals surface area contributed by atoms with Crippen LogP contribution in [0.2, 0.25) is 0 Å². The second kappa shape index (κ2) is 6.93. The smallest absolute Gasteiger partial charge is 0.242 e. The first-order valence-corrected chi connectivity index (χ1v) is 10.9. The van der Waals surface area contributed by atoms with Crippen molar-refractivity contribution in [3.63, 3.8) is 0 Å². The van der Waals surface area contributed by atoms with Gasteiger partial charge < -0.3 is 9.80 Å². The molecule has 27 heavy (non-hydrogen) atoms. The number of likely N-dealkylation sites (tertiary alicyclic amines) is 1. The number of benzene rings is 1. The molecule has 7 heteroatoms. The molecule has 2 aliphatic heterocycles. The van der Waals surface area contributed by atoms with Crippen LogP contribution < -0.4 is 4.90 Å². The molecule has 0 N–H and O–H groups in total. The highest BCUT2D eigenvalue weighted by atomic mass is 32.2. The number of rotatable bonds is 2. The van der Waals surface area contributed by atoms with E-state index in [0.29, 0.717) is 30.6 Å². The maximum absolute atomic E-state index is 13.0. The van der Waals surface area contributed by atoms with Gasteiger partial charge in [0, 0.05) is 19.5 Å². The van der Waals surface area contributed by atoms with Crippen molar-refractivity contribution in [2.75, 3.05) is 24.5 Å². The van der Waals surface area contributed by atoms with E-state index in [2.05, 4.69) is 13.8 Å². The third-order valence-corrected chi connectivity index (χ3v) is 8.09. The van der Waals surface area contributed by atoms with Gasteiger partial charge in [0.1, 0.15) is 6.54 Å². The zero-order valence-corrected chi connectivity index (χ0v) is 17.3. The number of anilines is 1. The minimum absolute atomic E-state index is 0.119. The van der Waals surface area contributed by atoms with Gasteiger partial charge in [0.2, 0.25) is 11.8 Å². The standard InChI is InChI=1S/C20H28N2O4S/c1-14-9-15(2)12-21(11-14)19(24)13-22-16-7-5-6-8-17(16)27(25,26)20(3,4)10-18(22)23/h5-8,14-15H,9-13H2,1-4H3. The summed E-state index contributed by atoms with van der Waals surface area (Å²) in [4.78, 5) is 29.1. The van der Waals surface area contributed by atoms with Crippen molar-refractivity contribution in [1.82, 2.24) is 4.90 Å². The fraction of sp³-hybridized carbons (Fsp3) is 0.600. The molecule has 2 aliphatic rings. The second-order valence-corrected chi connectivity index (χ2v) is 11.2.